The lowest BCUT2D eigenvalue weighted by Gasteiger charge is -2.29. The maximum Gasteiger partial charge on any atom is 0.326 e. The third-order valence-electron chi connectivity index (χ3n) is 14.9. The summed E-state index contributed by atoms with van der Waals surface area (Å²) >= 11 is 1.25. The van der Waals surface area contributed by atoms with E-state index in [4.69, 9.17) is 22.3 Å². The van der Waals surface area contributed by atoms with Crippen molar-refractivity contribution in [2.24, 2.45) is 29.0 Å². The molecule has 0 unspecified atom stereocenters. The molecule has 0 bridgehead atoms. The highest BCUT2D eigenvalue weighted by atomic mass is 32.2. The van der Waals surface area contributed by atoms with Crippen LogP contribution in [0.1, 0.15) is 110 Å². The van der Waals surface area contributed by atoms with Crippen molar-refractivity contribution in [3.8, 4) is 5.75 Å². The zero-order chi connectivity index (χ0) is 70.8. The SMILES string of the molecule is CC[C@H](C)[C@H](N)C(=O)N[C@@H](CO)C(=O)N[C@H](C(=O)N[C@@H](CCCCN)C(=O)N[C@@H](Cc1ccc(O)cc1)C(=O)N[C@@H](Cc1ccccc1)C(=O)N[C@@H](CCC(N)=O)C(=O)N[C@@H](CCSC)C(=O)N[C@@H](CO)C(=O)N[C@@H](CC(C)C)C(=O)N[C@@H](CCC(=O)O)C(=O)O)[C@@H](C)O. The van der Waals surface area contributed by atoms with Gasteiger partial charge in [-0.15, -0.1) is 0 Å². The van der Waals surface area contributed by atoms with Gasteiger partial charge in [0.1, 0.15) is 66.2 Å². The van der Waals surface area contributed by atoms with Crippen molar-refractivity contribution in [1.82, 2.24) is 53.2 Å². The number of carbonyl (C=O) groups excluding carboxylic acids is 11. The molecule has 0 aliphatic rings. The number of aliphatic carboxylic acids is 2. The molecule has 2 aromatic carbocycles. The average molecular weight is 1350 g/mol. The number of aliphatic hydroxyl groups is 3. The van der Waals surface area contributed by atoms with Crippen LogP contribution < -0.4 is 70.4 Å². The third-order valence-corrected chi connectivity index (χ3v) is 15.6. The smallest absolute Gasteiger partial charge is 0.326 e. The topological polar surface area (TPSA) is 542 Å². The number of carbonyl (C=O) groups is 13. The first-order chi connectivity index (χ1) is 44.4. The Morgan fingerprint density at radius 2 is 0.915 bits per heavy atom. The minimum Gasteiger partial charge on any atom is -0.508 e. The maximum absolute atomic E-state index is 14.8. The number of aliphatic hydroxyl groups excluding tert-OH is 3. The Morgan fingerprint density at radius 3 is 1.38 bits per heavy atom. The largest absolute Gasteiger partial charge is 0.508 e. The zero-order valence-electron chi connectivity index (χ0n) is 53.7. The van der Waals surface area contributed by atoms with Crippen LogP contribution in [0.2, 0.25) is 0 Å². The summed E-state index contributed by atoms with van der Waals surface area (Å²) < 4.78 is 0. The number of thioether (sulfide) groups is 1. The number of phenols is 1. The Hall–Kier alpha value is -8.50. The second-order valence-corrected chi connectivity index (χ2v) is 24.1. The minimum atomic E-state index is -1.79. The number of hydrogen-bond donors (Lipinski definition) is 19. The quantitative estimate of drug-likeness (QED) is 0.0280. The average Bonchev–Trinajstić information content (AvgIpc) is 1.09. The van der Waals surface area contributed by atoms with E-state index < -0.39 is 188 Å². The molecule has 13 atom stereocenters. The number of unbranched alkanes of at least 4 members (excludes halogenated alkanes) is 1. The van der Waals surface area contributed by atoms with Gasteiger partial charge in [0.25, 0.3) is 0 Å². The third kappa shape index (κ3) is 29.6. The Morgan fingerprint density at radius 1 is 0.500 bits per heavy atom. The number of nitrogens with one attached hydrogen (secondary N) is 10. The summed E-state index contributed by atoms with van der Waals surface area (Å²) in [5.41, 5.74) is 18.1. The number of primary amides is 1. The van der Waals surface area contributed by atoms with E-state index in [1.165, 1.54) is 36.0 Å². The number of hydrogen-bond acceptors (Lipinski definition) is 20. The van der Waals surface area contributed by atoms with E-state index in [-0.39, 0.29) is 68.4 Å². The van der Waals surface area contributed by atoms with Crippen LogP contribution in [-0.2, 0) is 75.2 Å². The molecule has 0 aliphatic carbocycles. The lowest BCUT2D eigenvalue weighted by Crippen LogP contribution is -2.62. The number of phenolic OH excluding ortho intramolecular Hbond substituents is 1. The van der Waals surface area contributed by atoms with Gasteiger partial charge in [-0.1, -0.05) is 76.6 Å². The monoisotopic (exact) mass is 1350 g/mol. The van der Waals surface area contributed by atoms with Gasteiger partial charge in [-0.3, -0.25) is 57.5 Å². The summed E-state index contributed by atoms with van der Waals surface area (Å²) in [5, 5.41) is 84.4. The Bertz CT molecular complexity index is 2840. The molecule has 524 valence electrons. The van der Waals surface area contributed by atoms with Crippen molar-refractivity contribution >= 4 is 88.7 Å². The van der Waals surface area contributed by atoms with E-state index in [0.29, 0.717) is 24.0 Å². The van der Waals surface area contributed by atoms with Crippen LogP contribution in [0.5, 0.6) is 5.75 Å². The molecular weight excluding hydrogens is 1250 g/mol. The number of carboxylic acids is 2. The molecular formula is C61H95N13O19S. The summed E-state index contributed by atoms with van der Waals surface area (Å²) in [6, 6.07) is -3.54. The van der Waals surface area contributed by atoms with E-state index >= 15 is 0 Å². The second kappa shape index (κ2) is 42.7. The fourth-order valence-corrected chi connectivity index (χ4v) is 9.65. The van der Waals surface area contributed by atoms with Gasteiger partial charge in [-0.05, 0) is 106 Å². The first-order valence-electron chi connectivity index (χ1n) is 30.8. The van der Waals surface area contributed by atoms with Gasteiger partial charge in [-0.25, -0.2) is 4.79 Å². The molecule has 0 aromatic heterocycles. The van der Waals surface area contributed by atoms with Gasteiger partial charge < -0.3 is 101 Å². The van der Waals surface area contributed by atoms with Crippen molar-refractivity contribution in [2.75, 3.05) is 31.8 Å². The summed E-state index contributed by atoms with van der Waals surface area (Å²) in [5.74, 6) is -14.5. The van der Waals surface area contributed by atoms with Gasteiger partial charge in [-0.2, -0.15) is 11.8 Å². The molecule has 11 amide bonds. The standard InChI is InChI=1S/C61H95N13O19S/c1-7-33(4)49(64)59(90)73-46(31-76)58(89)74-50(34(5)77)60(91)67-38(15-11-12-25-62)51(82)70-44(29-36-16-18-37(78)19-17-36)56(87)71-43(28-35-13-9-8-10-14-35)55(86)65-39(20-22-47(63)79)52(83)66-40(24-26-94-6)53(84)72-45(30-75)57(88)69-42(27-32(2)3)54(85)68-41(61(92)93)21-23-48(80)81/h8-10,13-14,16-19,32-34,38-46,49-50,75-78H,7,11-12,15,20-31,62,64H2,1-6H3,(H2,63,79)(H,65,86)(H,66,83)(H,67,91)(H,68,85)(H,69,88)(H,70,82)(H,71,87)(H,72,84)(H,73,90)(H,74,89)(H,80,81)(H,92,93)/t33-,34+,38-,39-,40-,41-,42-,43-,44-,45-,46-,49-,50-/m0/s1. The molecule has 0 spiro atoms. The highest BCUT2D eigenvalue weighted by Crippen LogP contribution is 2.15. The molecule has 0 heterocycles. The number of carboxylic acid groups (broad SMARTS) is 2. The van der Waals surface area contributed by atoms with E-state index in [0.717, 1.165) is 6.92 Å². The van der Waals surface area contributed by atoms with Gasteiger partial charge in [0.05, 0.1) is 25.4 Å². The fraction of sp³-hybridized carbons (Fsp3) is 0.590. The van der Waals surface area contributed by atoms with Gasteiger partial charge in [0.15, 0.2) is 0 Å². The first kappa shape index (κ1) is 81.6. The highest BCUT2D eigenvalue weighted by Gasteiger charge is 2.38. The van der Waals surface area contributed by atoms with Crippen molar-refractivity contribution in [3.63, 3.8) is 0 Å². The van der Waals surface area contributed by atoms with Crippen molar-refractivity contribution in [3.05, 3.63) is 65.7 Å². The molecule has 0 saturated heterocycles. The summed E-state index contributed by atoms with van der Waals surface area (Å²) in [7, 11) is 0. The van der Waals surface area contributed by atoms with Crippen molar-refractivity contribution in [1.29, 1.82) is 0 Å². The summed E-state index contributed by atoms with van der Waals surface area (Å²) in [6.45, 7) is 6.20. The normalized spacial score (nSPS) is 15.3. The second-order valence-electron chi connectivity index (χ2n) is 23.1. The van der Waals surface area contributed by atoms with E-state index in [9.17, 15) is 87.9 Å². The molecule has 0 aliphatic heterocycles. The molecule has 2 rings (SSSR count). The van der Waals surface area contributed by atoms with Crippen LogP contribution in [0, 0.1) is 11.8 Å². The number of rotatable bonds is 45. The van der Waals surface area contributed by atoms with Crippen LogP contribution in [0.25, 0.3) is 0 Å². The summed E-state index contributed by atoms with van der Waals surface area (Å²) in [4.78, 5) is 175. The van der Waals surface area contributed by atoms with Crippen LogP contribution in [0.15, 0.2) is 54.6 Å². The fourth-order valence-electron chi connectivity index (χ4n) is 9.18. The van der Waals surface area contributed by atoms with Crippen LogP contribution >= 0.6 is 11.8 Å². The predicted molar refractivity (Wildman–Crippen MR) is 343 cm³/mol. The highest BCUT2D eigenvalue weighted by molar-refractivity contribution is 7.98. The molecule has 22 N–H and O–H groups in total. The van der Waals surface area contributed by atoms with Crippen molar-refractivity contribution in [2.45, 2.75) is 184 Å². The molecule has 0 saturated carbocycles. The lowest BCUT2D eigenvalue weighted by atomic mass is 9.99. The Labute approximate surface area is 549 Å². The lowest BCUT2D eigenvalue weighted by molar-refractivity contribution is -0.143. The van der Waals surface area contributed by atoms with Crippen molar-refractivity contribution < 1.29 is 93.0 Å². The number of nitrogens with two attached hydrogens (primary N) is 3. The van der Waals surface area contributed by atoms with E-state index in [1.807, 2.05) is 0 Å². The van der Waals surface area contributed by atoms with E-state index in [2.05, 4.69) is 53.2 Å². The maximum atomic E-state index is 14.8. The Kier molecular flexibility index (Phi) is 37.0. The molecule has 94 heavy (non-hydrogen) atoms. The first-order valence-corrected chi connectivity index (χ1v) is 32.2. The number of amides is 11. The van der Waals surface area contributed by atoms with Crippen LogP contribution in [0.3, 0.4) is 0 Å². The number of benzene rings is 2. The molecule has 2 aromatic rings. The minimum absolute atomic E-state index is 0.0724. The van der Waals surface area contributed by atoms with Gasteiger partial charge in [0, 0.05) is 25.7 Å². The predicted octanol–water partition coefficient (Wildman–Crippen LogP) is -4.09. The van der Waals surface area contributed by atoms with Crippen LogP contribution in [0.4, 0.5) is 0 Å². The van der Waals surface area contributed by atoms with E-state index in [1.54, 1.807) is 64.3 Å². The molecule has 0 radical (unpaired) electrons. The molecule has 33 heteroatoms. The van der Waals surface area contributed by atoms with Gasteiger partial charge >= 0.3 is 11.9 Å². The summed E-state index contributed by atoms with van der Waals surface area (Å²) in [6.07, 6.45) is -1.86. The zero-order valence-corrected chi connectivity index (χ0v) is 54.5. The number of aromatic hydroxyl groups is 1. The molecule has 32 nitrogen and oxygen atoms in total. The Balaban J connectivity index is 2.58. The van der Waals surface area contributed by atoms with Gasteiger partial charge in [0.2, 0.25) is 65.0 Å². The van der Waals surface area contributed by atoms with Crippen LogP contribution in [-0.4, -0.2) is 212 Å². The molecule has 0 fully saturated rings.